The van der Waals surface area contributed by atoms with E-state index in [0.717, 1.165) is 37.6 Å². The third kappa shape index (κ3) is 7.20. The first kappa shape index (κ1) is 20.4. The van der Waals surface area contributed by atoms with Crippen molar-refractivity contribution in [3.05, 3.63) is 0 Å². The topological polar surface area (TPSA) is 30.9 Å². The molecule has 0 aromatic carbocycles. The number of nitrogens with zero attached hydrogens (tertiary/aromatic N) is 3. The lowest BCUT2D eigenvalue weighted by molar-refractivity contribution is -0.181. The van der Waals surface area contributed by atoms with Gasteiger partial charge in [-0.15, -0.1) is 0 Å². The molecule has 0 bridgehead atoms. The predicted octanol–water partition coefficient (Wildman–Crippen LogP) is 2.66. The first-order chi connectivity index (χ1) is 10.9. The van der Waals surface area contributed by atoms with Crippen LogP contribution in [0.25, 0.3) is 0 Å². The van der Waals surface area contributed by atoms with E-state index in [4.69, 9.17) is 0 Å². The van der Waals surface area contributed by atoms with E-state index in [1.54, 1.807) is 0 Å². The Labute approximate surface area is 141 Å². The second-order valence-electron chi connectivity index (χ2n) is 5.68. The minimum atomic E-state index is -4.15. The maximum atomic E-state index is 12.8. The molecule has 1 N–H and O–H groups in total. The molecule has 1 rings (SSSR count). The molecule has 0 spiro atoms. The fourth-order valence-corrected chi connectivity index (χ4v) is 2.99. The highest BCUT2D eigenvalue weighted by Crippen LogP contribution is 2.25. The Hall–Kier alpha value is -0.630. The van der Waals surface area contributed by atoms with E-state index in [1.165, 1.54) is 11.8 Å². The van der Waals surface area contributed by atoms with Gasteiger partial charge in [0.1, 0.15) is 6.04 Å². The minimum absolute atomic E-state index is 0.414. The number of alkyl halides is 3. The molecule has 4 nitrogen and oxygen atoms in total. The number of rotatable bonds is 7. The van der Waals surface area contributed by atoms with Gasteiger partial charge in [0, 0.05) is 39.3 Å². The normalized spacial score (nSPS) is 19.0. The summed E-state index contributed by atoms with van der Waals surface area (Å²) < 4.78 is 38.4. The summed E-state index contributed by atoms with van der Waals surface area (Å²) in [4.78, 5) is 8.17. The average molecular weight is 354 g/mol. The van der Waals surface area contributed by atoms with Crippen LogP contribution >= 0.6 is 11.8 Å². The molecule has 1 heterocycles. The van der Waals surface area contributed by atoms with Gasteiger partial charge in [0.15, 0.2) is 5.96 Å². The van der Waals surface area contributed by atoms with E-state index in [-0.39, 0.29) is 0 Å². The van der Waals surface area contributed by atoms with E-state index in [9.17, 15) is 13.2 Å². The van der Waals surface area contributed by atoms with Crippen molar-refractivity contribution < 1.29 is 13.2 Å². The quantitative estimate of drug-likeness (QED) is 0.433. The van der Waals surface area contributed by atoms with Crippen molar-refractivity contribution in [2.24, 2.45) is 4.99 Å². The van der Waals surface area contributed by atoms with Crippen LogP contribution in [0.5, 0.6) is 0 Å². The Bertz CT molecular complexity index is 355. The first-order valence-corrected chi connectivity index (χ1v) is 9.62. The van der Waals surface area contributed by atoms with Gasteiger partial charge < -0.3 is 10.2 Å². The highest BCUT2D eigenvalue weighted by atomic mass is 32.2. The number of hydrogen-bond acceptors (Lipinski definition) is 3. The van der Waals surface area contributed by atoms with E-state index in [1.807, 2.05) is 18.7 Å². The summed E-state index contributed by atoms with van der Waals surface area (Å²) in [6, 6.07) is -1.38. The Balaban J connectivity index is 2.48. The van der Waals surface area contributed by atoms with Crippen LogP contribution in [-0.4, -0.2) is 79.3 Å². The fraction of sp³-hybridized carbons (Fsp3) is 0.933. The molecule has 1 atom stereocenters. The number of aliphatic imine (C=N–C) groups is 1. The van der Waals surface area contributed by atoms with Crippen LogP contribution in [0.3, 0.4) is 0 Å². The maximum absolute atomic E-state index is 12.8. The highest BCUT2D eigenvalue weighted by molar-refractivity contribution is 7.98. The molecule has 1 aliphatic heterocycles. The second kappa shape index (κ2) is 10.3. The van der Waals surface area contributed by atoms with E-state index < -0.39 is 12.2 Å². The molecule has 0 aromatic rings. The first-order valence-electron chi connectivity index (χ1n) is 8.23. The molecule has 0 aromatic heterocycles. The van der Waals surface area contributed by atoms with E-state index in [0.29, 0.717) is 26.2 Å². The van der Waals surface area contributed by atoms with Crippen LogP contribution in [0.4, 0.5) is 13.2 Å². The van der Waals surface area contributed by atoms with E-state index >= 15 is 0 Å². The van der Waals surface area contributed by atoms with E-state index in [2.05, 4.69) is 21.5 Å². The Morgan fingerprint density at radius 2 is 1.87 bits per heavy atom. The smallest absolute Gasteiger partial charge is 0.357 e. The predicted molar refractivity (Wildman–Crippen MR) is 92.3 cm³/mol. The summed E-state index contributed by atoms with van der Waals surface area (Å²) in [7, 11) is 0. The third-order valence-corrected chi connectivity index (χ3v) is 4.69. The van der Waals surface area contributed by atoms with Crippen LogP contribution < -0.4 is 5.32 Å². The molecule has 136 valence electrons. The molecule has 0 saturated carbocycles. The maximum Gasteiger partial charge on any atom is 0.403 e. The number of guanidine groups is 1. The monoisotopic (exact) mass is 354 g/mol. The number of hydrogen-bond donors (Lipinski definition) is 1. The fourth-order valence-electron chi connectivity index (χ4n) is 2.50. The van der Waals surface area contributed by atoms with Crippen LogP contribution in [0.15, 0.2) is 4.99 Å². The van der Waals surface area contributed by atoms with Gasteiger partial charge in [-0.25, -0.2) is 0 Å². The largest absolute Gasteiger partial charge is 0.403 e. The summed E-state index contributed by atoms with van der Waals surface area (Å²) in [6.07, 6.45) is 0.120. The van der Waals surface area contributed by atoms with Crippen molar-refractivity contribution >= 4 is 17.7 Å². The zero-order valence-electron chi connectivity index (χ0n) is 14.3. The van der Waals surface area contributed by atoms with Gasteiger partial charge in [-0.3, -0.25) is 9.89 Å². The molecular formula is C15H29F3N4S. The van der Waals surface area contributed by atoms with Gasteiger partial charge in [-0.05, 0) is 38.7 Å². The standard InChI is InChI=1S/C15H29F3N4S/c1-4-19-14(20-7-5-6-12-23-3)22-10-8-21(9-11-22)13(2)15(16,17)18/h13H,4-12H2,1-3H3,(H,19,20). The Kier molecular flexibility index (Phi) is 9.12. The lowest BCUT2D eigenvalue weighted by Gasteiger charge is -2.39. The zero-order chi connectivity index (χ0) is 17.3. The summed E-state index contributed by atoms with van der Waals surface area (Å²) in [6.45, 7) is 6.76. The summed E-state index contributed by atoms with van der Waals surface area (Å²) in [5.74, 6) is 1.97. The Morgan fingerprint density at radius 1 is 1.22 bits per heavy atom. The van der Waals surface area contributed by atoms with Crippen molar-refractivity contribution in [1.29, 1.82) is 0 Å². The molecule has 0 amide bonds. The summed E-state index contributed by atoms with van der Waals surface area (Å²) in [5, 5.41) is 3.25. The van der Waals surface area contributed by atoms with Gasteiger partial charge >= 0.3 is 6.18 Å². The van der Waals surface area contributed by atoms with Crippen molar-refractivity contribution in [1.82, 2.24) is 15.1 Å². The molecule has 1 aliphatic rings. The average Bonchev–Trinajstić information content (AvgIpc) is 2.52. The molecular weight excluding hydrogens is 325 g/mol. The molecule has 1 fully saturated rings. The summed E-state index contributed by atoms with van der Waals surface area (Å²) >= 11 is 1.83. The van der Waals surface area contributed by atoms with Gasteiger partial charge in [0.2, 0.25) is 0 Å². The molecule has 1 unspecified atom stereocenters. The van der Waals surface area contributed by atoms with Crippen LogP contribution in [0.2, 0.25) is 0 Å². The van der Waals surface area contributed by atoms with Gasteiger partial charge in [0.05, 0.1) is 0 Å². The number of unbranched alkanes of at least 4 members (excludes halogenated alkanes) is 1. The zero-order valence-corrected chi connectivity index (χ0v) is 15.1. The number of thioether (sulfide) groups is 1. The van der Waals surface area contributed by atoms with Crippen molar-refractivity contribution in [3.63, 3.8) is 0 Å². The van der Waals surface area contributed by atoms with Crippen molar-refractivity contribution in [3.8, 4) is 0 Å². The lowest BCUT2D eigenvalue weighted by Crippen LogP contribution is -2.56. The molecule has 0 aliphatic carbocycles. The summed E-state index contributed by atoms with van der Waals surface area (Å²) in [5.41, 5.74) is 0. The molecule has 8 heteroatoms. The number of piperazine rings is 1. The van der Waals surface area contributed by atoms with Crippen LogP contribution in [-0.2, 0) is 0 Å². The van der Waals surface area contributed by atoms with Crippen LogP contribution in [0.1, 0.15) is 26.7 Å². The van der Waals surface area contributed by atoms with Crippen LogP contribution in [0, 0.1) is 0 Å². The molecule has 23 heavy (non-hydrogen) atoms. The van der Waals surface area contributed by atoms with Gasteiger partial charge in [-0.1, -0.05) is 0 Å². The minimum Gasteiger partial charge on any atom is -0.357 e. The highest BCUT2D eigenvalue weighted by Gasteiger charge is 2.41. The number of nitrogens with one attached hydrogen (secondary N) is 1. The SMILES string of the molecule is CCNC(=NCCCCSC)N1CCN(C(C)C(F)(F)F)CC1. The third-order valence-electron chi connectivity index (χ3n) is 3.99. The van der Waals surface area contributed by atoms with Gasteiger partial charge in [-0.2, -0.15) is 24.9 Å². The van der Waals surface area contributed by atoms with Gasteiger partial charge in [0.25, 0.3) is 0 Å². The number of halogens is 3. The molecule has 1 saturated heterocycles. The lowest BCUT2D eigenvalue weighted by atomic mass is 10.2. The van der Waals surface area contributed by atoms with Crippen molar-refractivity contribution in [2.75, 3.05) is 51.3 Å². The Morgan fingerprint density at radius 3 is 2.39 bits per heavy atom. The molecule has 0 radical (unpaired) electrons. The second-order valence-corrected chi connectivity index (χ2v) is 6.66. The van der Waals surface area contributed by atoms with Crippen molar-refractivity contribution in [2.45, 2.75) is 38.9 Å².